The summed E-state index contributed by atoms with van der Waals surface area (Å²) in [4.78, 5) is 7.06. The zero-order chi connectivity index (χ0) is 15.6. The van der Waals surface area contributed by atoms with Crippen LogP contribution >= 0.6 is 11.3 Å². The number of allylic oxidation sites excluding steroid dienone is 2. The number of hydrogen-bond acceptors (Lipinski definition) is 3. The van der Waals surface area contributed by atoms with Gasteiger partial charge in [0.1, 0.15) is 0 Å². The Morgan fingerprint density at radius 3 is 2.83 bits per heavy atom. The SMILES string of the molecule is CCN1C(=CC=Cc2nc3ccccc3s2)[Se]c2ccccc21. The van der Waals surface area contributed by atoms with Crippen molar-refractivity contribution in [2.45, 2.75) is 6.92 Å². The molecule has 0 spiro atoms. The molecule has 0 radical (unpaired) electrons. The van der Waals surface area contributed by atoms with Crippen molar-refractivity contribution in [2.75, 3.05) is 11.4 Å². The van der Waals surface area contributed by atoms with E-state index in [1.807, 2.05) is 6.07 Å². The molecule has 0 atom stereocenters. The molecule has 23 heavy (non-hydrogen) atoms. The van der Waals surface area contributed by atoms with Gasteiger partial charge in [-0.15, -0.1) is 0 Å². The Kier molecular flexibility index (Phi) is 4.04. The van der Waals surface area contributed by atoms with Crippen LogP contribution in [-0.2, 0) is 0 Å². The summed E-state index contributed by atoms with van der Waals surface area (Å²) in [6, 6.07) is 17.0. The van der Waals surface area contributed by atoms with Crippen molar-refractivity contribution in [3.63, 3.8) is 0 Å². The van der Waals surface area contributed by atoms with Gasteiger partial charge in [-0.2, -0.15) is 0 Å². The normalized spacial score (nSPS) is 15.9. The van der Waals surface area contributed by atoms with E-state index in [1.54, 1.807) is 11.3 Å². The first-order valence-corrected chi connectivity index (χ1v) is 10.2. The molecule has 2 nitrogen and oxygen atoms in total. The molecule has 4 rings (SSSR count). The molecule has 0 amide bonds. The molecule has 0 unspecified atom stereocenters. The van der Waals surface area contributed by atoms with Crippen LogP contribution in [0.25, 0.3) is 16.3 Å². The predicted molar refractivity (Wildman–Crippen MR) is 102 cm³/mol. The van der Waals surface area contributed by atoms with Crippen molar-refractivity contribution >= 4 is 52.7 Å². The van der Waals surface area contributed by atoms with Gasteiger partial charge in [0.05, 0.1) is 0 Å². The number of hydrogen-bond donors (Lipinski definition) is 0. The topological polar surface area (TPSA) is 16.1 Å². The number of anilines is 1. The van der Waals surface area contributed by atoms with E-state index in [1.165, 1.54) is 19.4 Å². The predicted octanol–water partition coefficient (Wildman–Crippen LogP) is 4.02. The Hall–Kier alpha value is -1.87. The Labute approximate surface area is 146 Å². The van der Waals surface area contributed by atoms with Gasteiger partial charge in [-0.3, -0.25) is 0 Å². The molecule has 0 fully saturated rings. The second kappa shape index (κ2) is 6.32. The summed E-state index contributed by atoms with van der Waals surface area (Å²) in [6.07, 6.45) is 6.50. The molecular formula is C19H16N2SSe. The van der Waals surface area contributed by atoms with Crippen LogP contribution in [0.2, 0.25) is 0 Å². The summed E-state index contributed by atoms with van der Waals surface area (Å²) in [5.74, 6) is 0. The van der Waals surface area contributed by atoms with Gasteiger partial charge in [-0.25, -0.2) is 0 Å². The van der Waals surface area contributed by atoms with Gasteiger partial charge in [0.15, 0.2) is 0 Å². The fraction of sp³-hybridized carbons (Fsp3) is 0.105. The molecule has 0 saturated carbocycles. The molecule has 0 bridgehead atoms. The van der Waals surface area contributed by atoms with E-state index in [-0.39, 0.29) is 0 Å². The molecule has 0 aliphatic carbocycles. The number of thiazole rings is 1. The Balaban J connectivity index is 1.59. The van der Waals surface area contributed by atoms with Crippen molar-refractivity contribution in [1.82, 2.24) is 4.98 Å². The number of benzene rings is 2. The van der Waals surface area contributed by atoms with Gasteiger partial charge in [0.25, 0.3) is 0 Å². The zero-order valence-corrected chi connectivity index (χ0v) is 15.3. The summed E-state index contributed by atoms with van der Waals surface area (Å²) in [6.45, 7) is 3.23. The second-order valence-corrected chi connectivity index (χ2v) is 8.49. The molecule has 2 heterocycles. The first-order chi connectivity index (χ1) is 11.3. The summed E-state index contributed by atoms with van der Waals surface area (Å²) >= 11 is 2.13. The van der Waals surface area contributed by atoms with E-state index in [4.69, 9.17) is 0 Å². The van der Waals surface area contributed by atoms with Gasteiger partial charge >= 0.3 is 146 Å². The van der Waals surface area contributed by atoms with Crippen LogP contribution in [0.1, 0.15) is 11.9 Å². The van der Waals surface area contributed by atoms with Crippen LogP contribution in [0.5, 0.6) is 0 Å². The molecule has 2 aromatic carbocycles. The van der Waals surface area contributed by atoms with E-state index in [2.05, 4.69) is 77.5 Å². The van der Waals surface area contributed by atoms with Crippen LogP contribution in [0, 0.1) is 0 Å². The van der Waals surface area contributed by atoms with Gasteiger partial charge < -0.3 is 0 Å². The van der Waals surface area contributed by atoms with Crippen LogP contribution in [0.3, 0.4) is 0 Å². The standard InChI is InChI=1S/C19H16N2SSe/c1-2-21-15-9-4-6-11-17(15)23-19(21)13-7-12-18-20-14-8-3-5-10-16(14)22-18/h3-13H,2H2,1H3. The Morgan fingerprint density at radius 1 is 1.13 bits per heavy atom. The minimum atomic E-state index is 0.393. The number of aromatic nitrogens is 1. The molecule has 0 N–H and O–H groups in total. The first-order valence-electron chi connectivity index (χ1n) is 7.63. The fourth-order valence-corrected chi connectivity index (χ4v) is 5.95. The van der Waals surface area contributed by atoms with Crippen LogP contribution < -0.4 is 9.36 Å². The summed E-state index contributed by atoms with van der Waals surface area (Å²) < 4.78 is 4.13. The van der Waals surface area contributed by atoms with E-state index in [0.29, 0.717) is 15.0 Å². The number of nitrogens with zero attached hydrogens (tertiary/aromatic N) is 2. The molecule has 3 aromatic rings. The van der Waals surface area contributed by atoms with Gasteiger partial charge in [0, 0.05) is 0 Å². The van der Waals surface area contributed by atoms with E-state index < -0.39 is 0 Å². The Morgan fingerprint density at radius 2 is 1.96 bits per heavy atom. The molecule has 0 saturated heterocycles. The molecule has 4 heteroatoms. The maximum atomic E-state index is 4.65. The Bertz CT molecular complexity index is 877. The van der Waals surface area contributed by atoms with E-state index >= 15 is 0 Å². The second-order valence-electron chi connectivity index (χ2n) is 5.20. The van der Waals surface area contributed by atoms with Gasteiger partial charge in [-0.1, -0.05) is 0 Å². The number of rotatable bonds is 3. The third kappa shape index (κ3) is 2.86. The summed E-state index contributed by atoms with van der Waals surface area (Å²) in [5.41, 5.74) is 2.45. The van der Waals surface area contributed by atoms with Crippen molar-refractivity contribution in [1.29, 1.82) is 0 Å². The van der Waals surface area contributed by atoms with Gasteiger partial charge in [0.2, 0.25) is 0 Å². The zero-order valence-electron chi connectivity index (χ0n) is 12.8. The average molecular weight is 383 g/mol. The fourth-order valence-electron chi connectivity index (χ4n) is 2.68. The summed E-state index contributed by atoms with van der Waals surface area (Å²) in [7, 11) is 0. The quantitative estimate of drug-likeness (QED) is 0.635. The average Bonchev–Trinajstić information content (AvgIpc) is 3.14. The molecule has 1 aromatic heterocycles. The van der Waals surface area contributed by atoms with Crippen molar-refractivity contribution < 1.29 is 0 Å². The number of para-hydroxylation sites is 2. The minimum absolute atomic E-state index is 0.393. The summed E-state index contributed by atoms with van der Waals surface area (Å²) in [5, 5.41) is 1.06. The van der Waals surface area contributed by atoms with Crippen molar-refractivity contribution in [2.24, 2.45) is 0 Å². The van der Waals surface area contributed by atoms with Crippen LogP contribution in [0.15, 0.2) is 65.3 Å². The molecule has 114 valence electrons. The van der Waals surface area contributed by atoms with Gasteiger partial charge in [-0.05, 0) is 0 Å². The van der Waals surface area contributed by atoms with E-state index in [0.717, 1.165) is 17.1 Å². The monoisotopic (exact) mass is 384 g/mol. The molecular weight excluding hydrogens is 367 g/mol. The third-order valence-corrected chi connectivity index (χ3v) is 7.11. The van der Waals surface area contributed by atoms with Crippen LogP contribution in [-0.4, -0.2) is 26.5 Å². The van der Waals surface area contributed by atoms with Crippen LogP contribution in [0.4, 0.5) is 5.69 Å². The van der Waals surface area contributed by atoms with Crippen molar-refractivity contribution in [3.8, 4) is 0 Å². The molecule has 1 aliphatic heterocycles. The maximum absolute atomic E-state index is 4.65. The molecule has 1 aliphatic rings. The van der Waals surface area contributed by atoms with Crippen molar-refractivity contribution in [3.05, 3.63) is 70.3 Å². The first kappa shape index (κ1) is 14.7. The number of fused-ring (bicyclic) bond motifs is 2. The van der Waals surface area contributed by atoms with E-state index in [9.17, 15) is 0 Å². The third-order valence-electron chi connectivity index (χ3n) is 3.74.